The van der Waals surface area contributed by atoms with E-state index in [0.29, 0.717) is 5.92 Å². The lowest BCUT2D eigenvalue weighted by molar-refractivity contribution is 0.300. The second kappa shape index (κ2) is 7.45. The molecule has 2 aromatic carbocycles. The van der Waals surface area contributed by atoms with Crippen LogP contribution in [0.2, 0.25) is 0 Å². The first-order valence-corrected chi connectivity index (χ1v) is 7.61. The van der Waals surface area contributed by atoms with E-state index in [0.717, 1.165) is 37.1 Å². The predicted octanol–water partition coefficient (Wildman–Crippen LogP) is 3.92. The van der Waals surface area contributed by atoms with Gasteiger partial charge in [-0.15, -0.1) is 12.4 Å². The van der Waals surface area contributed by atoms with Gasteiger partial charge in [-0.3, -0.25) is 0 Å². The Labute approximate surface area is 138 Å². The zero-order chi connectivity index (χ0) is 14.5. The van der Waals surface area contributed by atoms with Crippen molar-refractivity contribution >= 4 is 12.4 Å². The monoisotopic (exact) mass is 312 g/mol. The molecule has 1 aliphatic heterocycles. The van der Waals surface area contributed by atoms with Gasteiger partial charge in [0.05, 0.1) is 6.07 Å². The molecule has 1 aliphatic rings. The summed E-state index contributed by atoms with van der Waals surface area (Å²) < 4.78 is 0. The fraction of sp³-hybridized carbons (Fsp3) is 0.316. The van der Waals surface area contributed by atoms with Crippen LogP contribution in [0.3, 0.4) is 0 Å². The minimum absolute atomic E-state index is 0. The lowest BCUT2D eigenvalue weighted by atomic mass is 9.64. The number of hydrogen-bond donors (Lipinski definition) is 1. The second-order valence-corrected chi connectivity index (χ2v) is 5.70. The standard InChI is InChI=1S/C19H20N2.ClH/c20-15-19(16-8-3-1-4-9-16,17-10-5-2-6-11-17)18-12-7-13-21-14-18;/h1-6,8-11,18,21H,7,12-14H2;1H. The highest BCUT2D eigenvalue weighted by atomic mass is 35.5. The molecular weight excluding hydrogens is 292 g/mol. The van der Waals surface area contributed by atoms with E-state index in [-0.39, 0.29) is 12.4 Å². The van der Waals surface area contributed by atoms with Gasteiger partial charge < -0.3 is 5.32 Å². The summed E-state index contributed by atoms with van der Waals surface area (Å²) in [6.07, 6.45) is 2.22. The molecule has 0 amide bonds. The highest BCUT2D eigenvalue weighted by Crippen LogP contribution is 2.41. The molecule has 3 heteroatoms. The molecule has 1 heterocycles. The lowest BCUT2D eigenvalue weighted by Crippen LogP contribution is -2.44. The normalized spacial score (nSPS) is 18.0. The first-order chi connectivity index (χ1) is 10.4. The number of halogens is 1. The Bertz CT molecular complexity index is 573. The molecule has 1 atom stereocenters. The van der Waals surface area contributed by atoms with Crippen molar-refractivity contribution in [2.24, 2.45) is 5.92 Å². The third-order valence-corrected chi connectivity index (χ3v) is 4.54. The van der Waals surface area contributed by atoms with Crippen molar-refractivity contribution < 1.29 is 0 Å². The van der Waals surface area contributed by atoms with Crippen molar-refractivity contribution in [1.82, 2.24) is 5.32 Å². The van der Waals surface area contributed by atoms with E-state index >= 15 is 0 Å². The zero-order valence-electron chi connectivity index (χ0n) is 12.5. The van der Waals surface area contributed by atoms with Crippen LogP contribution >= 0.6 is 12.4 Å². The molecule has 1 unspecified atom stereocenters. The second-order valence-electron chi connectivity index (χ2n) is 5.70. The number of benzene rings is 2. The summed E-state index contributed by atoms with van der Waals surface area (Å²) in [6.45, 7) is 1.96. The molecule has 1 saturated heterocycles. The Morgan fingerprint density at radius 1 is 0.955 bits per heavy atom. The third kappa shape index (κ3) is 2.88. The highest BCUT2D eigenvalue weighted by molar-refractivity contribution is 5.85. The Balaban J connectivity index is 0.00000176. The fourth-order valence-corrected chi connectivity index (χ4v) is 3.48. The molecule has 0 radical (unpaired) electrons. The van der Waals surface area contributed by atoms with E-state index in [1.54, 1.807) is 0 Å². The molecule has 0 aromatic heterocycles. The van der Waals surface area contributed by atoms with Gasteiger partial charge in [0, 0.05) is 6.54 Å². The summed E-state index contributed by atoms with van der Waals surface area (Å²) in [7, 11) is 0. The van der Waals surface area contributed by atoms with E-state index < -0.39 is 5.41 Å². The van der Waals surface area contributed by atoms with E-state index in [1.807, 2.05) is 36.4 Å². The molecule has 1 N–H and O–H groups in total. The average molecular weight is 313 g/mol. The molecular formula is C19H21ClN2. The molecule has 0 bridgehead atoms. The van der Waals surface area contributed by atoms with E-state index in [1.165, 1.54) is 0 Å². The Kier molecular flexibility index (Phi) is 5.60. The summed E-state index contributed by atoms with van der Waals surface area (Å²) in [5, 5.41) is 13.6. The summed E-state index contributed by atoms with van der Waals surface area (Å²) in [5.74, 6) is 0.307. The molecule has 3 rings (SSSR count). The molecule has 0 spiro atoms. The summed E-state index contributed by atoms with van der Waals surface area (Å²) >= 11 is 0. The van der Waals surface area contributed by atoms with Crippen LogP contribution in [-0.4, -0.2) is 13.1 Å². The van der Waals surface area contributed by atoms with Gasteiger partial charge in [0.2, 0.25) is 0 Å². The van der Waals surface area contributed by atoms with Crippen LogP contribution in [0.5, 0.6) is 0 Å². The zero-order valence-corrected chi connectivity index (χ0v) is 13.4. The van der Waals surface area contributed by atoms with Crippen LogP contribution in [0.1, 0.15) is 24.0 Å². The minimum atomic E-state index is -0.560. The smallest absolute Gasteiger partial charge is 0.111 e. The minimum Gasteiger partial charge on any atom is -0.316 e. The number of hydrogen-bond acceptors (Lipinski definition) is 2. The Morgan fingerprint density at radius 3 is 1.91 bits per heavy atom. The van der Waals surface area contributed by atoms with Crippen molar-refractivity contribution in [3.05, 3.63) is 71.8 Å². The SMILES string of the molecule is Cl.N#CC(c1ccccc1)(c1ccccc1)C1CCCNC1. The fourth-order valence-electron chi connectivity index (χ4n) is 3.48. The van der Waals surface area contributed by atoms with Crippen LogP contribution < -0.4 is 5.32 Å². The number of nitrogens with zero attached hydrogens (tertiary/aromatic N) is 1. The van der Waals surface area contributed by atoms with Gasteiger partial charge in [0.15, 0.2) is 0 Å². The van der Waals surface area contributed by atoms with Crippen LogP contribution in [-0.2, 0) is 5.41 Å². The molecule has 2 aromatic rings. The summed E-state index contributed by atoms with van der Waals surface area (Å²) in [4.78, 5) is 0. The Hall–Kier alpha value is -1.82. The van der Waals surface area contributed by atoms with Gasteiger partial charge in [-0.05, 0) is 36.4 Å². The number of nitrogens with one attached hydrogen (secondary N) is 1. The van der Waals surface area contributed by atoms with E-state index in [2.05, 4.69) is 35.7 Å². The summed E-state index contributed by atoms with van der Waals surface area (Å²) in [5.41, 5.74) is 1.65. The van der Waals surface area contributed by atoms with Crippen molar-refractivity contribution in [3.63, 3.8) is 0 Å². The molecule has 22 heavy (non-hydrogen) atoms. The van der Waals surface area contributed by atoms with Crippen molar-refractivity contribution in [2.45, 2.75) is 18.3 Å². The maximum atomic E-state index is 10.2. The molecule has 2 nitrogen and oxygen atoms in total. The van der Waals surface area contributed by atoms with Gasteiger partial charge in [-0.1, -0.05) is 60.7 Å². The topological polar surface area (TPSA) is 35.8 Å². The molecule has 0 saturated carbocycles. The van der Waals surface area contributed by atoms with Crippen LogP contribution in [0.15, 0.2) is 60.7 Å². The van der Waals surface area contributed by atoms with E-state index in [9.17, 15) is 5.26 Å². The van der Waals surface area contributed by atoms with Crippen molar-refractivity contribution in [1.29, 1.82) is 5.26 Å². The maximum Gasteiger partial charge on any atom is 0.111 e. The largest absolute Gasteiger partial charge is 0.316 e. The number of nitriles is 1. The summed E-state index contributed by atoms with van der Waals surface area (Å²) in [6, 6.07) is 23.2. The first-order valence-electron chi connectivity index (χ1n) is 7.61. The van der Waals surface area contributed by atoms with E-state index in [4.69, 9.17) is 0 Å². The van der Waals surface area contributed by atoms with Crippen LogP contribution in [0.25, 0.3) is 0 Å². The van der Waals surface area contributed by atoms with Crippen molar-refractivity contribution in [3.8, 4) is 6.07 Å². The van der Waals surface area contributed by atoms with Crippen LogP contribution in [0, 0.1) is 17.2 Å². The number of rotatable bonds is 3. The third-order valence-electron chi connectivity index (χ3n) is 4.54. The van der Waals surface area contributed by atoms with Gasteiger partial charge >= 0.3 is 0 Å². The Morgan fingerprint density at radius 2 is 1.50 bits per heavy atom. The quantitative estimate of drug-likeness (QED) is 0.932. The van der Waals surface area contributed by atoms with Gasteiger partial charge in [0.25, 0.3) is 0 Å². The molecule has 1 fully saturated rings. The van der Waals surface area contributed by atoms with Gasteiger partial charge in [-0.25, -0.2) is 0 Å². The predicted molar refractivity (Wildman–Crippen MR) is 92.1 cm³/mol. The van der Waals surface area contributed by atoms with Gasteiger partial charge in [-0.2, -0.15) is 5.26 Å². The van der Waals surface area contributed by atoms with Crippen LogP contribution in [0.4, 0.5) is 0 Å². The number of piperidine rings is 1. The highest BCUT2D eigenvalue weighted by Gasteiger charge is 2.42. The van der Waals surface area contributed by atoms with Crippen molar-refractivity contribution in [2.75, 3.05) is 13.1 Å². The molecule has 0 aliphatic carbocycles. The molecule has 114 valence electrons. The maximum absolute atomic E-state index is 10.2. The first kappa shape index (κ1) is 16.5. The van der Waals surface area contributed by atoms with Gasteiger partial charge in [0.1, 0.15) is 5.41 Å². The average Bonchev–Trinajstić information content (AvgIpc) is 2.59. The lowest BCUT2D eigenvalue weighted by Gasteiger charge is -2.38.